The topological polar surface area (TPSA) is 71.2 Å². The van der Waals surface area contributed by atoms with Gasteiger partial charge in [-0.05, 0) is 56.6 Å². The summed E-state index contributed by atoms with van der Waals surface area (Å²) in [5.41, 5.74) is 1.55. The molecule has 3 heterocycles. The first-order valence-corrected chi connectivity index (χ1v) is 12.3. The van der Waals surface area contributed by atoms with Gasteiger partial charge in [0.05, 0.1) is 23.0 Å². The van der Waals surface area contributed by atoms with Crippen molar-refractivity contribution in [2.24, 2.45) is 5.92 Å². The van der Waals surface area contributed by atoms with Gasteiger partial charge in [-0.3, -0.25) is 4.79 Å². The third-order valence-electron chi connectivity index (χ3n) is 7.37. The number of piperidine rings is 1. The minimum Gasteiger partial charge on any atom is -0.393 e. The molecule has 1 N–H and O–H groups in total. The maximum atomic E-state index is 15.0. The van der Waals surface area contributed by atoms with Crippen molar-refractivity contribution in [2.75, 3.05) is 20.1 Å². The van der Waals surface area contributed by atoms with Crippen LogP contribution in [0.15, 0.2) is 17.2 Å². The van der Waals surface area contributed by atoms with Crippen molar-refractivity contribution in [1.82, 2.24) is 19.4 Å². The fourth-order valence-electron chi connectivity index (χ4n) is 5.50. The minimum atomic E-state index is -1.08. The number of nitrogens with zero attached hydrogens (tertiary/aromatic N) is 4. The molecule has 7 heteroatoms. The fraction of sp³-hybridized carbons (Fsp3) is 0.720. The van der Waals surface area contributed by atoms with Crippen LogP contribution in [0.2, 0.25) is 0 Å². The highest BCUT2D eigenvalue weighted by Gasteiger charge is 2.32. The Morgan fingerprint density at radius 2 is 2.00 bits per heavy atom. The van der Waals surface area contributed by atoms with E-state index in [1.54, 1.807) is 10.8 Å². The number of fused-ring (bicyclic) bond motifs is 1. The summed E-state index contributed by atoms with van der Waals surface area (Å²) in [6.45, 7) is 5.49. The number of hydrogen-bond acceptors (Lipinski definition) is 5. The van der Waals surface area contributed by atoms with Gasteiger partial charge in [-0.1, -0.05) is 26.7 Å². The minimum absolute atomic E-state index is 0.190. The van der Waals surface area contributed by atoms with Gasteiger partial charge in [-0.2, -0.15) is 0 Å². The quantitative estimate of drug-likeness (QED) is 0.729. The molecule has 2 fully saturated rings. The van der Waals surface area contributed by atoms with Gasteiger partial charge >= 0.3 is 0 Å². The maximum absolute atomic E-state index is 15.0. The molecule has 1 saturated carbocycles. The predicted octanol–water partition coefficient (Wildman–Crippen LogP) is 4.00. The lowest BCUT2D eigenvalue weighted by Crippen LogP contribution is -2.43. The molecule has 0 aromatic carbocycles. The van der Waals surface area contributed by atoms with E-state index in [0.29, 0.717) is 24.3 Å². The molecule has 1 aliphatic carbocycles. The van der Waals surface area contributed by atoms with Gasteiger partial charge in [0.1, 0.15) is 12.0 Å². The smallest absolute Gasteiger partial charge is 0.261 e. The van der Waals surface area contributed by atoms with Crippen molar-refractivity contribution in [3.63, 3.8) is 0 Å². The molecule has 176 valence electrons. The van der Waals surface area contributed by atoms with E-state index in [1.165, 1.54) is 0 Å². The average molecular weight is 445 g/mol. The number of rotatable bonds is 6. The number of aliphatic hydroxyl groups excluding tert-OH is 1. The zero-order valence-electron chi connectivity index (χ0n) is 19.6. The van der Waals surface area contributed by atoms with Gasteiger partial charge in [0.2, 0.25) is 0 Å². The first-order valence-electron chi connectivity index (χ1n) is 12.3. The Kier molecular flexibility index (Phi) is 7.25. The molecule has 1 aliphatic heterocycles. The first kappa shape index (κ1) is 23.3. The number of aromatic nitrogens is 3. The molecular formula is C25H37FN4O2. The van der Waals surface area contributed by atoms with Crippen molar-refractivity contribution >= 4 is 10.9 Å². The number of hydrogen-bond donors (Lipinski definition) is 1. The summed E-state index contributed by atoms with van der Waals surface area (Å²) in [7, 11) is 1.92. The van der Waals surface area contributed by atoms with Crippen molar-refractivity contribution in [3.05, 3.63) is 34.1 Å². The summed E-state index contributed by atoms with van der Waals surface area (Å²) in [5, 5.41) is 10.5. The van der Waals surface area contributed by atoms with Gasteiger partial charge < -0.3 is 14.6 Å². The number of pyridine rings is 1. The van der Waals surface area contributed by atoms with Gasteiger partial charge in [0, 0.05) is 31.9 Å². The number of likely N-dealkylation sites (tertiary alicyclic amines) is 1. The number of alkyl halides is 1. The normalized spacial score (nSPS) is 28.2. The molecule has 2 aromatic heterocycles. The molecule has 1 unspecified atom stereocenters. The van der Waals surface area contributed by atoms with Crippen LogP contribution in [0.5, 0.6) is 0 Å². The summed E-state index contributed by atoms with van der Waals surface area (Å²) in [4.78, 5) is 24.8. The average Bonchev–Trinajstić information content (AvgIpc) is 2.75. The molecule has 0 spiro atoms. The van der Waals surface area contributed by atoms with E-state index in [1.807, 2.05) is 18.1 Å². The summed E-state index contributed by atoms with van der Waals surface area (Å²) >= 11 is 0. The van der Waals surface area contributed by atoms with E-state index < -0.39 is 12.2 Å². The van der Waals surface area contributed by atoms with Crippen LogP contribution in [0, 0.1) is 5.92 Å². The van der Waals surface area contributed by atoms with E-state index in [0.717, 1.165) is 68.4 Å². The second-order valence-corrected chi connectivity index (χ2v) is 10.1. The molecule has 2 aliphatic rings. The van der Waals surface area contributed by atoms with Crippen LogP contribution < -0.4 is 5.56 Å². The highest BCUT2D eigenvalue weighted by Crippen LogP contribution is 2.36. The zero-order chi connectivity index (χ0) is 22.8. The van der Waals surface area contributed by atoms with Crippen molar-refractivity contribution in [2.45, 2.75) is 89.4 Å². The Hall–Kier alpha value is -1.86. The fourth-order valence-corrected chi connectivity index (χ4v) is 5.50. The molecule has 0 bridgehead atoms. The predicted molar refractivity (Wildman–Crippen MR) is 125 cm³/mol. The Morgan fingerprint density at radius 3 is 2.69 bits per heavy atom. The summed E-state index contributed by atoms with van der Waals surface area (Å²) in [5.74, 6) is 1.47. The zero-order valence-corrected chi connectivity index (χ0v) is 19.6. The van der Waals surface area contributed by atoms with Crippen molar-refractivity contribution in [3.8, 4) is 0 Å². The summed E-state index contributed by atoms with van der Waals surface area (Å²) in [6.07, 6.45) is 9.05. The number of halogens is 1. The molecule has 3 atom stereocenters. The molecule has 1 saturated heterocycles. The van der Waals surface area contributed by atoms with Crippen LogP contribution in [0.25, 0.3) is 10.9 Å². The summed E-state index contributed by atoms with van der Waals surface area (Å²) < 4.78 is 16.6. The third-order valence-corrected chi connectivity index (χ3v) is 7.37. The van der Waals surface area contributed by atoms with Gasteiger partial charge in [0.15, 0.2) is 0 Å². The van der Waals surface area contributed by atoms with E-state index in [9.17, 15) is 9.90 Å². The molecule has 6 nitrogen and oxygen atoms in total. The van der Waals surface area contributed by atoms with Crippen LogP contribution >= 0.6 is 0 Å². The van der Waals surface area contributed by atoms with E-state index in [-0.39, 0.29) is 17.6 Å². The Morgan fingerprint density at radius 1 is 1.25 bits per heavy atom. The van der Waals surface area contributed by atoms with Gasteiger partial charge in [-0.25, -0.2) is 14.4 Å². The number of aliphatic hydroxyl groups is 1. The Labute approximate surface area is 189 Å². The second-order valence-electron chi connectivity index (χ2n) is 10.1. The molecule has 2 aromatic rings. The van der Waals surface area contributed by atoms with E-state index in [2.05, 4.69) is 18.8 Å². The van der Waals surface area contributed by atoms with Crippen LogP contribution in [0.3, 0.4) is 0 Å². The Bertz CT molecular complexity index is 986. The largest absolute Gasteiger partial charge is 0.393 e. The maximum Gasteiger partial charge on any atom is 0.261 e. The molecular weight excluding hydrogens is 407 g/mol. The third kappa shape index (κ3) is 4.88. The lowest BCUT2D eigenvalue weighted by Gasteiger charge is -2.34. The molecule has 4 rings (SSSR count). The Balaban J connectivity index is 1.79. The first-order chi connectivity index (χ1) is 15.4. The lowest BCUT2D eigenvalue weighted by molar-refractivity contribution is 0.105. The molecule has 32 heavy (non-hydrogen) atoms. The van der Waals surface area contributed by atoms with E-state index in [4.69, 9.17) is 4.98 Å². The second kappa shape index (κ2) is 9.96. The highest BCUT2D eigenvalue weighted by molar-refractivity contribution is 5.80. The SMILES string of the molecule is CCCC(C)Cc1ncc2c(=O)n([C@H]3CCN(C)C[C@@H]3F)cc(C3CCC(O)CC3)c2n1. The monoisotopic (exact) mass is 444 g/mol. The van der Waals surface area contributed by atoms with Gasteiger partial charge in [-0.15, -0.1) is 0 Å². The molecule has 0 radical (unpaired) electrons. The van der Waals surface area contributed by atoms with Crippen LogP contribution in [-0.4, -0.2) is 57.0 Å². The van der Waals surface area contributed by atoms with Gasteiger partial charge in [0.25, 0.3) is 5.56 Å². The van der Waals surface area contributed by atoms with Crippen LogP contribution in [0.4, 0.5) is 4.39 Å². The molecule has 0 amide bonds. The van der Waals surface area contributed by atoms with Crippen molar-refractivity contribution in [1.29, 1.82) is 0 Å². The highest BCUT2D eigenvalue weighted by atomic mass is 19.1. The lowest BCUT2D eigenvalue weighted by atomic mass is 9.82. The standard InChI is InChI=1S/C25H37FN4O2/c1-4-5-16(2)12-23-27-13-19-24(28-23)20(17-6-8-18(31)9-7-17)14-30(25(19)32)22-10-11-29(3)15-21(22)26/h13-14,16-18,21-22,31H,4-12,15H2,1-3H3/t16?,17?,18?,21-,22-/m0/s1. The summed E-state index contributed by atoms with van der Waals surface area (Å²) in [6, 6.07) is -0.458. The van der Waals surface area contributed by atoms with Crippen LogP contribution in [0.1, 0.15) is 82.1 Å². The van der Waals surface area contributed by atoms with Crippen molar-refractivity contribution < 1.29 is 9.50 Å². The van der Waals surface area contributed by atoms with Crippen LogP contribution in [-0.2, 0) is 6.42 Å². The van der Waals surface area contributed by atoms with E-state index >= 15 is 4.39 Å².